The number of hydrogen-bond donors (Lipinski definition) is 1. The molecule has 1 aromatic carbocycles. The zero-order chi connectivity index (χ0) is 13.0. The Hall–Kier alpha value is -1.02. The number of benzene rings is 1. The topological polar surface area (TPSA) is 12.0 Å². The lowest BCUT2D eigenvalue weighted by molar-refractivity contribution is -0.920. The molecule has 2 rings (SSSR count). The molecule has 0 saturated carbocycles. The van der Waals surface area contributed by atoms with Gasteiger partial charge in [-0.1, -0.05) is 18.2 Å². The summed E-state index contributed by atoms with van der Waals surface area (Å²) in [7, 11) is 4.77. The highest BCUT2D eigenvalue weighted by molar-refractivity contribution is 5.50. The third-order valence-corrected chi connectivity index (χ3v) is 4.45. The van der Waals surface area contributed by atoms with Gasteiger partial charge in [0.25, 0.3) is 0 Å². The van der Waals surface area contributed by atoms with Crippen molar-refractivity contribution in [2.45, 2.75) is 38.6 Å². The van der Waals surface area contributed by atoms with E-state index in [-0.39, 0.29) is 0 Å². The molecule has 100 valence electrons. The molecule has 1 saturated heterocycles. The highest BCUT2D eigenvalue weighted by Gasteiger charge is 2.30. The van der Waals surface area contributed by atoms with Crippen molar-refractivity contribution in [1.29, 1.82) is 0 Å². The van der Waals surface area contributed by atoms with Crippen LogP contribution >= 0.6 is 0 Å². The predicted molar refractivity (Wildman–Crippen MR) is 78.9 cm³/mol. The zero-order valence-electron chi connectivity index (χ0n) is 12.1. The average Bonchev–Trinajstić information content (AvgIpc) is 2.33. The van der Waals surface area contributed by atoms with Crippen LogP contribution in [0.4, 0.5) is 5.69 Å². The molecule has 1 heterocycles. The van der Waals surface area contributed by atoms with E-state index in [1.807, 2.05) is 0 Å². The standard InChI is InChI=1S/C16H27N2/c1-14-8-4-5-10-16(14)17-12-11-15-9-6-7-13-18(15,2)3/h4-5,8,10,15,17H,6-7,9,11-13H2,1-3H3/q+1. The summed E-state index contributed by atoms with van der Waals surface area (Å²) in [5, 5.41) is 3.59. The molecule has 0 aliphatic carbocycles. The minimum absolute atomic E-state index is 0.829. The number of para-hydroxylation sites is 1. The van der Waals surface area contributed by atoms with Crippen molar-refractivity contribution in [2.24, 2.45) is 0 Å². The van der Waals surface area contributed by atoms with Crippen LogP contribution in [0.15, 0.2) is 24.3 Å². The Balaban J connectivity index is 1.83. The Morgan fingerprint density at radius 2 is 2.00 bits per heavy atom. The molecule has 0 aromatic heterocycles. The second-order valence-electron chi connectivity index (χ2n) is 6.18. The fraction of sp³-hybridized carbons (Fsp3) is 0.625. The van der Waals surface area contributed by atoms with E-state index < -0.39 is 0 Å². The third-order valence-electron chi connectivity index (χ3n) is 4.45. The van der Waals surface area contributed by atoms with Gasteiger partial charge < -0.3 is 9.80 Å². The van der Waals surface area contributed by atoms with Crippen LogP contribution < -0.4 is 5.32 Å². The summed E-state index contributed by atoms with van der Waals surface area (Å²) >= 11 is 0. The maximum atomic E-state index is 3.59. The van der Waals surface area contributed by atoms with Crippen LogP contribution in [0.2, 0.25) is 0 Å². The molecule has 0 radical (unpaired) electrons. The van der Waals surface area contributed by atoms with Crippen LogP contribution in [-0.4, -0.2) is 37.7 Å². The van der Waals surface area contributed by atoms with E-state index in [2.05, 4.69) is 50.6 Å². The largest absolute Gasteiger partial charge is 0.385 e. The molecular weight excluding hydrogens is 220 g/mol. The number of likely N-dealkylation sites (tertiary alicyclic amines) is 1. The summed E-state index contributed by atoms with van der Waals surface area (Å²) in [4.78, 5) is 0. The number of rotatable bonds is 4. The lowest BCUT2D eigenvalue weighted by Crippen LogP contribution is -2.52. The van der Waals surface area contributed by atoms with Gasteiger partial charge >= 0.3 is 0 Å². The van der Waals surface area contributed by atoms with Crippen molar-refractivity contribution < 1.29 is 4.48 Å². The van der Waals surface area contributed by atoms with Gasteiger partial charge in [-0.05, 0) is 37.8 Å². The minimum atomic E-state index is 0.829. The van der Waals surface area contributed by atoms with E-state index in [0.717, 1.165) is 12.6 Å². The highest BCUT2D eigenvalue weighted by atomic mass is 15.3. The maximum absolute atomic E-state index is 3.59. The Morgan fingerprint density at radius 3 is 2.72 bits per heavy atom. The van der Waals surface area contributed by atoms with Crippen LogP contribution in [0.3, 0.4) is 0 Å². The summed E-state index contributed by atoms with van der Waals surface area (Å²) in [5.41, 5.74) is 2.63. The molecule has 18 heavy (non-hydrogen) atoms. The first-order chi connectivity index (χ1) is 8.59. The number of quaternary nitrogens is 1. The molecule has 1 fully saturated rings. The van der Waals surface area contributed by atoms with Gasteiger partial charge in [0.1, 0.15) is 0 Å². The first-order valence-electron chi connectivity index (χ1n) is 7.22. The van der Waals surface area contributed by atoms with E-state index in [1.165, 1.54) is 48.0 Å². The number of nitrogens with one attached hydrogen (secondary N) is 1. The average molecular weight is 247 g/mol. The molecule has 1 unspecified atom stereocenters. The quantitative estimate of drug-likeness (QED) is 0.804. The first-order valence-corrected chi connectivity index (χ1v) is 7.22. The molecular formula is C16H27N2+. The molecule has 1 aliphatic rings. The van der Waals surface area contributed by atoms with Crippen molar-refractivity contribution in [3.05, 3.63) is 29.8 Å². The van der Waals surface area contributed by atoms with Gasteiger partial charge in [-0.2, -0.15) is 0 Å². The number of hydrogen-bond acceptors (Lipinski definition) is 1. The van der Waals surface area contributed by atoms with E-state index in [0.29, 0.717) is 0 Å². The van der Waals surface area contributed by atoms with E-state index in [9.17, 15) is 0 Å². The predicted octanol–water partition coefficient (Wildman–Crippen LogP) is 3.43. The van der Waals surface area contributed by atoms with Crippen molar-refractivity contribution >= 4 is 5.69 Å². The Labute approximate surface area is 112 Å². The van der Waals surface area contributed by atoms with Gasteiger partial charge in [0, 0.05) is 18.7 Å². The first kappa shape index (κ1) is 13.4. The zero-order valence-corrected chi connectivity index (χ0v) is 12.1. The van der Waals surface area contributed by atoms with Crippen molar-refractivity contribution in [2.75, 3.05) is 32.5 Å². The number of piperidine rings is 1. The van der Waals surface area contributed by atoms with Crippen LogP contribution in [0, 0.1) is 6.92 Å². The molecule has 2 nitrogen and oxygen atoms in total. The Bertz CT molecular complexity index is 384. The third kappa shape index (κ3) is 3.26. The summed E-state index contributed by atoms with van der Waals surface area (Å²) in [6.07, 6.45) is 5.48. The number of anilines is 1. The van der Waals surface area contributed by atoms with E-state index in [1.54, 1.807) is 0 Å². The van der Waals surface area contributed by atoms with Gasteiger partial charge in [-0.15, -0.1) is 0 Å². The molecule has 0 bridgehead atoms. The van der Waals surface area contributed by atoms with Gasteiger partial charge in [-0.25, -0.2) is 0 Å². The van der Waals surface area contributed by atoms with Crippen molar-refractivity contribution in [3.63, 3.8) is 0 Å². The lowest BCUT2D eigenvalue weighted by atomic mass is 9.97. The fourth-order valence-corrected chi connectivity index (χ4v) is 3.07. The SMILES string of the molecule is Cc1ccccc1NCCC1CCCC[N+]1(C)C. The fourth-order valence-electron chi connectivity index (χ4n) is 3.07. The summed E-state index contributed by atoms with van der Waals surface area (Å²) in [6, 6.07) is 9.38. The van der Waals surface area contributed by atoms with Crippen molar-refractivity contribution in [1.82, 2.24) is 0 Å². The van der Waals surface area contributed by atoms with E-state index in [4.69, 9.17) is 0 Å². The molecule has 2 heteroatoms. The van der Waals surface area contributed by atoms with Gasteiger partial charge in [-0.3, -0.25) is 0 Å². The molecule has 1 aromatic rings. The number of aryl methyl sites for hydroxylation is 1. The Kier molecular flexibility index (Phi) is 4.28. The summed E-state index contributed by atoms with van der Waals surface area (Å²) in [6.45, 7) is 4.61. The maximum Gasteiger partial charge on any atom is 0.0903 e. The van der Waals surface area contributed by atoms with Crippen molar-refractivity contribution in [3.8, 4) is 0 Å². The van der Waals surface area contributed by atoms with Gasteiger partial charge in [0.15, 0.2) is 0 Å². The molecule has 1 N–H and O–H groups in total. The monoisotopic (exact) mass is 247 g/mol. The number of nitrogens with zero attached hydrogens (tertiary/aromatic N) is 1. The van der Waals surface area contributed by atoms with Crippen LogP contribution in [0.5, 0.6) is 0 Å². The normalized spacial score (nSPS) is 22.7. The second kappa shape index (κ2) is 5.75. The van der Waals surface area contributed by atoms with Gasteiger partial charge in [0.2, 0.25) is 0 Å². The summed E-state index contributed by atoms with van der Waals surface area (Å²) < 4.78 is 1.20. The second-order valence-corrected chi connectivity index (χ2v) is 6.18. The van der Waals surface area contributed by atoms with Crippen LogP contribution in [0.1, 0.15) is 31.2 Å². The van der Waals surface area contributed by atoms with Crippen LogP contribution in [0.25, 0.3) is 0 Å². The molecule has 1 aliphatic heterocycles. The lowest BCUT2D eigenvalue weighted by Gasteiger charge is -2.41. The summed E-state index contributed by atoms with van der Waals surface area (Å²) in [5.74, 6) is 0. The van der Waals surface area contributed by atoms with Gasteiger partial charge in [0.05, 0.1) is 26.7 Å². The molecule has 0 amide bonds. The minimum Gasteiger partial charge on any atom is -0.385 e. The molecule has 1 atom stereocenters. The Morgan fingerprint density at radius 1 is 1.22 bits per heavy atom. The highest BCUT2D eigenvalue weighted by Crippen LogP contribution is 2.24. The molecule has 0 spiro atoms. The smallest absolute Gasteiger partial charge is 0.0903 e. The van der Waals surface area contributed by atoms with Crippen LogP contribution in [-0.2, 0) is 0 Å². The van der Waals surface area contributed by atoms with E-state index >= 15 is 0 Å².